The largest absolute Gasteiger partial charge is 0.486 e. The normalized spacial score (nSPS) is 13.1. The first-order valence-electron chi connectivity index (χ1n) is 9.38. The molecular weight excluding hydrogens is 396 g/mol. The molecule has 6 nitrogen and oxygen atoms in total. The van der Waals surface area contributed by atoms with E-state index in [0.29, 0.717) is 29.5 Å². The highest BCUT2D eigenvalue weighted by Crippen LogP contribution is 2.36. The highest BCUT2D eigenvalue weighted by atomic mass is 32.1. The molecule has 0 atom stereocenters. The number of nitriles is 1. The van der Waals surface area contributed by atoms with Gasteiger partial charge in [0.15, 0.2) is 11.5 Å². The minimum absolute atomic E-state index is 0.488. The van der Waals surface area contributed by atoms with E-state index in [1.165, 1.54) is 11.3 Å². The van der Waals surface area contributed by atoms with Crippen molar-refractivity contribution < 1.29 is 9.47 Å². The fourth-order valence-corrected chi connectivity index (χ4v) is 4.07. The topological polar surface area (TPSA) is 83.8 Å². The summed E-state index contributed by atoms with van der Waals surface area (Å²) in [4.78, 5) is 4.65. The van der Waals surface area contributed by atoms with Crippen molar-refractivity contribution in [3.63, 3.8) is 0 Å². The molecule has 3 heterocycles. The van der Waals surface area contributed by atoms with Gasteiger partial charge in [-0.2, -0.15) is 10.4 Å². The van der Waals surface area contributed by atoms with E-state index in [-0.39, 0.29) is 0 Å². The third-order valence-electron chi connectivity index (χ3n) is 4.72. The van der Waals surface area contributed by atoms with Gasteiger partial charge in [0.2, 0.25) is 0 Å². The molecule has 2 aromatic heterocycles. The van der Waals surface area contributed by atoms with Crippen molar-refractivity contribution in [2.24, 2.45) is 0 Å². The summed E-state index contributed by atoms with van der Waals surface area (Å²) in [6.07, 6.45) is 3.51. The van der Waals surface area contributed by atoms with Crippen molar-refractivity contribution in [1.82, 2.24) is 15.2 Å². The molecule has 7 heteroatoms. The van der Waals surface area contributed by atoms with Gasteiger partial charge in [-0.15, -0.1) is 11.3 Å². The van der Waals surface area contributed by atoms with Crippen LogP contribution >= 0.6 is 11.3 Å². The van der Waals surface area contributed by atoms with E-state index in [1.54, 1.807) is 6.20 Å². The number of aromatic nitrogens is 3. The van der Waals surface area contributed by atoms with Crippen molar-refractivity contribution in [3.05, 3.63) is 70.7 Å². The Morgan fingerprint density at radius 1 is 1.07 bits per heavy atom. The van der Waals surface area contributed by atoms with E-state index in [9.17, 15) is 5.26 Å². The highest BCUT2D eigenvalue weighted by molar-refractivity contribution is 7.11. The lowest BCUT2D eigenvalue weighted by Gasteiger charge is -2.18. The number of allylic oxidation sites excluding steroid dienone is 1. The Hall–Kier alpha value is -3.89. The summed E-state index contributed by atoms with van der Waals surface area (Å²) in [6.45, 7) is 1.08. The second-order valence-corrected chi connectivity index (χ2v) is 7.49. The van der Waals surface area contributed by atoms with Gasteiger partial charge in [-0.25, -0.2) is 4.98 Å². The van der Waals surface area contributed by atoms with Crippen LogP contribution in [0.1, 0.15) is 10.6 Å². The molecule has 4 aromatic rings. The Morgan fingerprint density at radius 2 is 1.90 bits per heavy atom. The van der Waals surface area contributed by atoms with Gasteiger partial charge in [-0.3, -0.25) is 5.10 Å². The number of nitrogens with one attached hydrogen (secondary N) is 1. The van der Waals surface area contributed by atoms with E-state index < -0.39 is 0 Å². The zero-order valence-corrected chi connectivity index (χ0v) is 16.6. The van der Waals surface area contributed by atoms with E-state index >= 15 is 0 Å². The molecule has 0 spiro atoms. The molecule has 2 aromatic carbocycles. The van der Waals surface area contributed by atoms with Crippen LogP contribution in [-0.2, 0) is 0 Å². The minimum Gasteiger partial charge on any atom is -0.486 e. The third-order valence-corrected chi connectivity index (χ3v) is 5.60. The van der Waals surface area contributed by atoms with Gasteiger partial charge < -0.3 is 9.47 Å². The lowest BCUT2D eigenvalue weighted by atomic mass is 10.1. The predicted molar refractivity (Wildman–Crippen MR) is 116 cm³/mol. The molecule has 1 aliphatic rings. The van der Waals surface area contributed by atoms with Crippen LogP contribution in [0, 0.1) is 11.3 Å². The number of H-pyrrole nitrogens is 1. The van der Waals surface area contributed by atoms with Crippen molar-refractivity contribution in [1.29, 1.82) is 5.26 Å². The number of benzene rings is 2. The predicted octanol–water partition coefficient (Wildman–Crippen LogP) is 5.04. The Morgan fingerprint density at radius 3 is 2.73 bits per heavy atom. The molecule has 1 aliphatic heterocycles. The Bertz CT molecular complexity index is 1270. The molecule has 30 heavy (non-hydrogen) atoms. The Kier molecular flexibility index (Phi) is 4.75. The average Bonchev–Trinajstić information content (AvgIpc) is 3.47. The summed E-state index contributed by atoms with van der Waals surface area (Å²) in [5, 5.41) is 19.6. The van der Waals surface area contributed by atoms with Crippen molar-refractivity contribution in [3.8, 4) is 40.1 Å². The first-order valence-corrected chi connectivity index (χ1v) is 10.3. The number of fused-ring (bicyclic) bond motifs is 1. The van der Waals surface area contributed by atoms with Crippen LogP contribution in [0.25, 0.3) is 34.2 Å². The minimum atomic E-state index is 0.488. The highest BCUT2D eigenvalue weighted by Gasteiger charge is 2.16. The van der Waals surface area contributed by atoms with Gasteiger partial charge in [0.25, 0.3) is 0 Å². The Balaban J connectivity index is 1.49. The number of hydrogen-bond acceptors (Lipinski definition) is 6. The fourth-order valence-electron chi connectivity index (χ4n) is 3.27. The smallest absolute Gasteiger partial charge is 0.162 e. The number of rotatable bonds is 4. The van der Waals surface area contributed by atoms with Crippen LogP contribution in [0.3, 0.4) is 0 Å². The molecule has 0 aliphatic carbocycles. The van der Waals surface area contributed by atoms with Crippen molar-refractivity contribution in [2.75, 3.05) is 13.2 Å². The molecule has 0 amide bonds. The van der Waals surface area contributed by atoms with Gasteiger partial charge in [-0.1, -0.05) is 30.3 Å². The van der Waals surface area contributed by atoms with Crippen molar-refractivity contribution >= 4 is 23.0 Å². The number of nitrogens with zero attached hydrogens (tertiary/aromatic N) is 3. The standard InChI is InChI=1S/C23H16N4O2S/c24-12-17(23-26-19(14-30-23)15-4-2-1-3-5-15)10-18-13-25-27-22(18)16-6-7-20-21(11-16)29-9-8-28-20/h1-7,10-11,13-14H,8-9H2,(H,25,27). The summed E-state index contributed by atoms with van der Waals surface area (Å²) in [5.74, 6) is 1.44. The van der Waals surface area contributed by atoms with Gasteiger partial charge in [0.05, 0.1) is 23.2 Å². The van der Waals surface area contributed by atoms with Crippen LogP contribution in [0.4, 0.5) is 0 Å². The molecule has 5 rings (SSSR count). The zero-order valence-electron chi connectivity index (χ0n) is 15.8. The number of aromatic amines is 1. The van der Waals surface area contributed by atoms with E-state index in [4.69, 9.17) is 9.47 Å². The van der Waals surface area contributed by atoms with Crippen molar-refractivity contribution in [2.45, 2.75) is 0 Å². The summed E-state index contributed by atoms with van der Waals surface area (Å²) >= 11 is 1.45. The maximum Gasteiger partial charge on any atom is 0.162 e. The van der Waals surface area contributed by atoms with Crippen LogP contribution in [0.15, 0.2) is 60.1 Å². The number of ether oxygens (including phenoxy) is 2. The lowest BCUT2D eigenvalue weighted by Crippen LogP contribution is -2.15. The molecule has 0 bridgehead atoms. The molecule has 0 saturated carbocycles. The van der Waals surface area contributed by atoms with Gasteiger partial charge in [0, 0.05) is 22.1 Å². The molecule has 146 valence electrons. The van der Waals surface area contributed by atoms with Crippen LogP contribution in [0.2, 0.25) is 0 Å². The molecule has 0 fully saturated rings. The first-order chi connectivity index (χ1) is 14.8. The SMILES string of the molecule is N#CC(=Cc1cn[nH]c1-c1ccc2c(c1)OCCO2)c1nc(-c2ccccc2)cs1. The fraction of sp³-hybridized carbons (Fsp3) is 0.0870. The molecule has 1 N–H and O–H groups in total. The average molecular weight is 412 g/mol. The molecule has 0 unspecified atom stereocenters. The molecule has 0 saturated heterocycles. The monoisotopic (exact) mass is 412 g/mol. The van der Waals surface area contributed by atoms with E-state index in [0.717, 1.165) is 33.8 Å². The summed E-state index contributed by atoms with van der Waals surface area (Å²) in [6, 6.07) is 17.9. The van der Waals surface area contributed by atoms with E-state index in [1.807, 2.05) is 60.0 Å². The molecular formula is C23H16N4O2S. The Labute approximate surface area is 177 Å². The quantitative estimate of drug-likeness (QED) is 0.475. The summed E-state index contributed by atoms with van der Waals surface area (Å²) in [7, 11) is 0. The summed E-state index contributed by atoms with van der Waals surface area (Å²) in [5.41, 5.74) is 4.89. The van der Waals surface area contributed by atoms with Gasteiger partial charge in [0.1, 0.15) is 24.3 Å². The molecule has 0 radical (unpaired) electrons. The zero-order chi connectivity index (χ0) is 20.3. The van der Waals surface area contributed by atoms with Gasteiger partial charge >= 0.3 is 0 Å². The van der Waals surface area contributed by atoms with Crippen LogP contribution in [-0.4, -0.2) is 28.4 Å². The maximum atomic E-state index is 9.76. The second kappa shape index (κ2) is 7.85. The third kappa shape index (κ3) is 3.45. The van der Waals surface area contributed by atoms with Crippen LogP contribution < -0.4 is 9.47 Å². The lowest BCUT2D eigenvalue weighted by molar-refractivity contribution is 0.171. The first kappa shape index (κ1) is 18.2. The summed E-state index contributed by atoms with van der Waals surface area (Å²) < 4.78 is 11.3. The number of hydrogen-bond donors (Lipinski definition) is 1. The van der Waals surface area contributed by atoms with E-state index in [2.05, 4.69) is 21.3 Å². The van der Waals surface area contributed by atoms with Crippen LogP contribution in [0.5, 0.6) is 11.5 Å². The van der Waals surface area contributed by atoms with Gasteiger partial charge in [-0.05, 0) is 24.3 Å². The second-order valence-electron chi connectivity index (χ2n) is 6.63. The number of thiazole rings is 1. The maximum absolute atomic E-state index is 9.76.